The highest BCUT2D eigenvalue weighted by atomic mass is 16.3. The van der Waals surface area contributed by atoms with Gasteiger partial charge >= 0.3 is 0 Å². The number of hydrogen-bond donors (Lipinski definition) is 1. The van der Waals surface area contributed by atoms with Crippen LogP contribution in [0.4, 0.5) is 0 Å². The Morgan fingerprint density at radius 2 is 2.18 bits per heavy atom. The lowest BCUT2D eigenvalue weighted by Crippen LogP contribution is -2.06. The Balaban J connectivity index is 2.13. The Kier molecular flexibility index (Phi) is 2.23. The molecule has 1 N–H and O–H groups in total. The van der Waals surface area contributed by atoms with Crippen molar-refractivity contribution in [3.63, 3.8) is 0 Å². The Hall–Kier alpha value is -2.07. The van der Waals surface area contributed by atoms with Gasteiger partial charge in [0, 0.05) is 30.4 Å². The zero-order valence-corrected chi connectivity index (χ0v) is 9.37. The molecule has 0 fully saturated rings. The van der Waals surface area contributed by atoms with Crippen LogP contribution < -0.4 is 0 Å². The van der Waals surface area contributed by atoms with Crippen molar-refractivity contribution in [3.05, 3.63) is 54.3 Å². The quantitative estimate of drug-likeness (QED) is 0.731. The molecule has 2 heterocycles. The third-order valence-corrected chi connectivity index (χ3v) is 2.91. The molecule has 1 aromatic carbocycles. The van der Waals surface area contributed by atoms with Crippen LogP contribution in [0.2, 0.25) is 0 Å². The number of aliphatic hydroxyl groups excluding tert-OH is 1. The van der Waals surface area contributed by atoms with Crippen molar-refractivity contribution in [1.82, 2.24) is 9.55 Å². The lowest BCUT2D eigenvalue weighted by atomic mass is 10.1. The van der Waals surface area contributed by atoms with E-state index in [1.807, 2.05) is 31.3 Å². The number of hydrogen-bond acceptors (Lipinski definition) is 3. The summed E-state index contributed by atoms with van der Waals surface area (Å²) in [7, 11) is 1.85. The second-order valence-electron chi connectivity index (χ2n) is 3.99. The first kappa shape index (κ1) is 10.1. The normalized spacial score (nSPS) is 13.1. The number of aromatic nitrogens is 2. The molecule has 1 unspecified atom stereocenters. The van der Waals surface area contributed by atoms with Gasteiger partial charge in [0.15, 0.2) is 0 Å². The fraction of sp³-hybridized carbons (Fsp3) is 0.154. The molecule has 0 aliphatic rings. The molecule has 0 aliphatic carbocycles. The van der Waals surface area contributed by atoms with E-state index >= 15 is 0 Å². The third kappa shape index (κ3) is 1.54. The first-order chi connectivity index (χ1) is 8.27. The van der Waals surface area contributed by atoms with Crippen LogP contribution in [0, 0.1) is 0 Å². The Bertz CT molecular complexity index is 654. The maximum Gasteiger partial charge on any atom is 0.142 e. The van der Waals surface area contributed by atoms with Gasteiger partial charge in [0.1, 0.15) is 17.5 Å². The highest BCUT2D eigenvalue weighted by molar-refractivity contribution is 5.81. The number of fused-ring (bicyclic) bond motifs is 1. The average molecular weight is 228 g/mol. The van der Waals surface area contributed by atoms with Crippen molar-refractivity contribution in [2.24, 2.45) is 7.05 Å². The number of benzene rings is 1. The van der Waals surface area contributed by atoms with Gasteiger partial charge in [-0.2, -0.15) is 0 Å². The Labute approximate surface area is 98.1 Å². The summed E-state index contributed by atoms with van der Waals surface area (Å²) in [6, 6.07) is 7.64. The predicted octanol–water partition coefficient (Wildman–Crippen LogP) is 2.25. The summed E-state index contributed by atoms with van der Waals surface area (Å²) < 4.78 is 7.21. The predicted molar refractivity (Wildman–Crippen MR) is 63.5 cm³/mol. The fourth-order valence-corrected chi connectivity index (χ4v) is 1.99. The van der Waals surface area contributed by atoms with Crippen LogP contribution in [0.3, 0.4) is 0 Å². The summed E-state index contributed by atoms with van der Waals surface area (Å²) in [5, 5.41) is 11.2. The van der Waals surface area contributed by atoms with Gasteiger partial charge < -0.3 is 14.1 Å². The topological polar surface area (TPSA) is 51.2 Å². The zero-order chi connectivity index (χ0) is 11.8. The molecule has 4 nitrogen and oxygen atoms in total. The van der Waals surface area contributed by atoms with E-state index in [-0.39, 0.29) is 0 Å². The van der Waals surface area contributed by atoms with E-state index in [0.29, 0.717) is 5.82 Å². The van der Waals surface area contributed by atoms with E-state index < -0.39 is 6.10 Å². The van der Waals surface area contributed by atoms with E-state index in [1.165, 1.54) is 0 Å². The van der Waals surface area contributed by atoms with Gasteiger partial charge in [-0.05, 0) is 6.07 Å². The van der Waals surface area contributed by atoms with Crippen LogP contribution >= 0.6 is 0 Å². The largest absolute Gasteiger partial charge is 0.464 e. The van der Waals surface area contributed by atoms with E-state index in [2.05, 4.69) is 4.98 Å². The van der Waals surface area contributed by atoms with Crippen molar-refractivity contribution < 1.29 is 9.52 Å². The average Bonchev–Trinajstić information content (AvgIpc) is 2.94. The summed E-state index contributed by atoms with van der Waals surface area (Å²) in [5.41, 5.74) is 1.52. The van der Waals surface area contributed by atoms with E-state index in [0.717, 1.165) is 16.5 Å². The number of nitrogens with zero attached hydrogens (tertiary/aromatic N) is 2. The maximum atomic E-state index is 10.3. The van der Waals surface area contributed by atoms with E-state index in [9.17, 15) is 5.11 Å². The zero-order valence-electron chi connectivity index (χ0n) is 9.37. The first-order valence-corrected chi connectivity index (χ1v) is 5.39. The van der Waals surface area contributed by atoms with Crippen molar-refractivity contribution in [3.8, 4) is 0 Å². The molecular weight excluding hydrogens is 216 g/mol. The molecule has 3 aromatic rings. The van der Waals surface area contributed by atoms with Gasteiger partial charge in [0.05, 0.1) is 6.26 Å². The Morgan fingerprint density at radius 1 is 1.35 bits per heavy atom. The molecule has 0 radical (unpaired) electrons. The smallest absolute Gasteiger partial charge is 0.142 e. The number of para-hydroxylation sites is 1. The molecule has 0 saturated heterocycles. The van der Waals surface area contributed by atoms with Gasteiger partial charge in [-0.3, -0.25) is 0 Å². The minimum atomic E-state index is -0.765. The molecule has 1 atom stereocenters. The maximum absolute atomic E-state index is 10.3. The van der Waals surface area contributed by atoms with Gasteiger partial charge in [-0.15, -0.1) is 0 Å². The highest BCUT2D eigenvalue weighted by Crippen LogP contribution is 2.29. The van der Waals surface area contributed by atoms with Crippen molar-refractivity contribution >= 4 is 11.0 Å². The number of aliphatic hydroxyl groups is 1. The van der Waals surface area contributed by atoms with Crippen molar-refractivity contribution in [1.29, 1.82) is 0 Å². The molecule has 2 aromatic heterocycles. The lowest BCUT2D eigenvalue weighted by Gasteiger charge is -2.08. The lowest BCUT2D eigenvalue weighted by molar-refractivity contribution is 0.206. The summed E-state index contributed by atoms with van der Waals surface area (Å²) >= 11 is 0. The summed E-state index contributed by atoms with van der Waals surface area (Å²) in [6.45, 7) is 0. The highest BCUT2D eigenvalue weighted by Gasteiger charge is 2.19. The van der Waals surface area contributed by atoms with Gasteiger partial charge in [-0.1, -0.05) is 18.2 Å². The summed E-state index contributed by atoms with van der Waals surface area (Å²) in [5.74, 6) is 0.608. The SMILES string of the molecule is Cn1ccnc1C(O)c1coc2ccccc12. The molecule has 3 rings (SSSR count). The van der Waals surface area contributed by atoms with Crippen LogP contribution in [0.15, 0.2) is 47.3 Å². The van der Waals surface area contributed by atoms with Crippen LogP contribution in [0.1, 0.15) is 17.5 Å². The number of aryl methyl sites for hydroxylation is 1. The molecular formula is C13H12N2O2. The molecule has 0 bridgehead atoms. The monoisotopic (exact) mass is 228 g/mol. The van der Waals surface area contributed by atoms with Gasteiger partial charge in [-0.25, -0.2) is 4.98 Å². The second kappa shape index (κ2) is 3.75. The molecule has 4 heteroatoms. The van der Waals surface area contributed by atoms with Crippen molar-refractivity contribution in [2.75, 3.05) is 0 Å². The Morgan fingerprint density at radius 3 is 2.94 bits per heavy atom. The van der Waals surface area contributed by atoms with E-state index in [1.54, 1.807) is 23.2 Å². The first-order valence-electron chi connectivity index (χ1n) is 5.39. The number of furan rings is 1. The van der Waals surface area contributed by atoms with Crippen molar-refractivity contribution in [2.45, 2.75) is 6.10 Å². The molecule has 0 aliphatic heterocycles. The molecule has 17 heavy (non-hydrogen) atoms. The molecule has 0 saturated carbocycles. The van der Waals surface area contributed by atoms with Crippen LogP contribution in [0.25, 0.3) is 11.0 Å². The van der Waals surface area contributed by atoms with Gasteiger partial charge in [0.2, 0.25) is 0 Å². The number of imidazole rings is 1. The van der Waals surface area contributed by atoms with Crippen LogP contribution in [0.5, 0.6) is 0 Å². The second-order valence-corrected chi connectivity index (χ2v) is 3.99. The minimum absolute atomic E-state index is 0.608. The molecule has 86 valence electrons. The minimum Gasteiger partial charge on any atom is -0.464 e. The third-order valence-electron chi connectivity index (χ3n) is 2.91. The van der Waals surface area contributed by atoms with E-state index in [4.69, 9.17) is 4.42 Å². The van der Waals surface area contributed by atoms with Crippen LogP contribution in [-0.2, 0) is 7.05 Å². The summed E-state index contributed by atoms with van der Waals surface area (Å²) in [6.07, 6.45) is 4.30. The van der Waals surface area contributed by atoms with Crippen LogP contribution in [-0.4, -0.2) is 14.7 Å². The summed E-state index contributed by atoms with van der Waals surface area (Å²) in [4.78, 5) is 4.15. The molecule has 0 spiro atoms. The number of rotatable bonds is 2. The molecule has 0 amide bonds. The standard InChI is InChI=1S/C13H12N2O2/c1-15-7-6-14-13(15)12(16)10-8-17-11-5-3-2-4-9(10)11/h2-8,12,16H,1H3. The van der Waals surface area contributed by atoms with Gasteiger partial charge in [0.25, 0.3) is 0 Å². The fourth-order valence-electron chi connectivity index (χ4n) is 1.99.